The van der Waals surface area contributed by atoms with Crippen LogP contribution in [-0.4, -0.2) is 25.4 Å². The zero-order valence-corrected chi connectivity index (χ0v) is 12.1. The molecule has 12 heavy (non-hydrogen) atoms. The molecule has 0 aromatic heterocycles. The molecule has 0 aliphatic heterocycles. The molecular formula is C4H6Na2O5S. The van der Waals surface area contributed by atoms with Gasteiger partial charge < -0.3 is 13.9 Å². The third kappa shape index (κ3) is 63.6. The SMILES string of the molecule is CC(=O)CC=O.O=S([O-])[O-].[Na+].[Na+]. The van der Waals surface area contributed by atoms with E-state index >= 15 is 0 Å². The van der Waals surface area contributed by atoms with E-state index in [0.29, 0.717) is 6.29 Å². The number of Topliss-reactive ketones (excluding diaryl/α,β-unsaturated/α-hetero) is 1. The Labute approximate surface area is 117 Å². The van der Waals surface area contributed by atoms with Crippen molar-refractivity contribution >= 4 is 23.4 Å². The van der Waals surface area contributed by atoms with E-state index < -0.39 is 11.4 Å². The first-order valence-corrected chi connectivity index (χ1v) is 3.20. The van der Waals surface area contributed by atoms with Crippen LogP contribution in [0.2, 0.25) is 0 Å². The topological polar surface area (TPSA) is 97.3 Å². The third-order valence-corrected chi connectivity index (χ3v) is 0.371. The monoisotopic (exact) mass is 212 g/mol. The zero-order chi connectivity index (χ0) is 8.57. The molecule has 0 bridgehead atoms. The van der Waals surface area contributed by atoms with Gasteiger partial charge in [0, 0.05) is 0 Å². The van der Waals surface area contributed by atoms with Crippen LogP contribution in [0.3, 0.4) is 0 Å². The van der Waals surface area contributed by atoms with Crippen molar-refractivity contribution in [1.29, 1.82) is 0 Å². The Hall–Kier alpha value is 1.41. The summed E-state index contributed by atoms with van der Waals surface area (Å²) in [6.45, 7) is 1.38. The minimum absolute atomic E-state index is 0. The Morgan fingerprint density at radius 3 is 1.67 bits per heavy atom. The maximum atomic E-state index is 9.81. The number of hydrogen-bond acceptors (Lipinski definition) is 5. The maximum Gasteiger partial charge on any atom is 1.00 e. The molecule has 0 aromatic rings. The Bertz CT molecular complexity index is 135. The smallest absolute Gasteiger partial charge is 0.784 e. The van der Waals surface area contributed by atoms with Gasteiger partial charge in [0.05, 0.1) is 6.42 Å². The molecule has 5 nitrogen and oxygen atoms in total. The summed E-state index contributed by atoms with van der Waals surface area (Å²) in [5.41, 5.74) is 0. The van der Waals surface area contributed by atoms with Crippen molar-refractivity contribution in [2.75, 3.05) is 0 Å². The van der Waals surface area contributed by atoms with Gasteiger partial charge in [0.2, 0.25) is 0 Å². The van der Waals surface area contributed by atoms with E-state index in [1.807, 2.05) is 0 Å². The van der Waals surface area contributed by atoms with Crippen molar-refractivity contribution in [2.45, 2.75) is 13.3 Å². The van der Waals surface area contributed by atoms with Crippen LogP contribution in [0.25, 0.3) is 0 Å². The van der Waals surface area contributed by atoms with Crippen LogP contribution in [0.5, 0.6) is 0 Å². The van der Waals surface area contributed by atoms with Crippen molar-refractivity contribution in [1.82, 2.24) is 0 Å². The van der Waals surface area contributed by atoms with Crippen LogP contribution < -0.4 is 59.1 Å². The summed E-state index contributed by atoms with van der Waals surface area (Å²) < 4.78 is 25.3. The molecule has 0 atom stereocenters. The fourth-order valence-corrected chi connectivity index (χ4v) is 0.117. The Morgan fingerprint density at radius 1 is 1.42 bits per heavy atom. The van der Waals surface area contributed by atoms with Crippen LogP contribution in [0.4, 0.5) is 0 Å². The van der Waals surface area contributed by atoms with E-state index in [4.69, 9.17) is 13.3 Å². The predicted molar refractivity (Wildman–Crippen MR) is 31.1 cm³/mol. The number of aldehydes is 1. The molecule has 0 rings (SSSR count). The van der Waals surface area contributed by atoms with Crippen LogP contribution in [0, 0.1) is 0 Å². The van der Waals surface area contributed by atoms with Gasteiger partial charge in [0.15, 0.2) is 0 Å². The summed E-state index contributed by atoms with van der Waals surface area (Å²) in [5, 5.41) is 0. The first kappa shape index (κ1) is 23.3. The predicted octanol–water partition coefficient (Wildman–Crippen LogP) is -6.83. The average Bonchev–Trinajstić information content (AvgIpc) is 1.62. The molecule has 0 N–H and O–H groups in total. The Balaban J connectivity index is -0.0000000483. The largest absolute Gasteiger partial charge is 1.00 e. The van der Waals surface area contributed by atoms with Gasteiger partial charge in [-0.15, -0.1) is 11.4 Å². The second kappa shape index (κ2) is 18.2. The van der Waals surface area contributed by atoms with E-state index in [9.17, 15) is 9.59 Å². The number of carbonyl (C=O) groups excluding carboxylic acids is 2. The fourth-order valence-electron chi connectivity index (χ4n) is 0.117. The van der Waals surface area contributed by atoms with Gasteiger partial charge in [-0.25, -0.2) is 0 Å². The Kier molecular flexibility index (Phi) is 35.5. The summed E-state index contributed by atoms with van der Waals surface area (Å²) in [5.74, 6) is -0.0787. The van der Waals surface area contributed by atoms with Gasteiger partial charge in [0.25, 0.3) is 0 Å². The molecule has 0 aliphatic carbocycles. The first-order valence-electron chi connectivity index (χ1n) is 2.20. The van der Waals surface area contributed by atoms with Gasteiger partial charge >= 0.3 is 59.1 Å². The minimum atomic E-state index is -3.11. The molecular weight excluding hydrogens is 206 g/mol. The normalized spacial score (nSPS) is 6.67. The summed E-state index contributed by atoms with van der Waals surface area (Å²) in [6.07, 6.45) is 0.655. The molecule has 0 spiro atoms. The molecule has 0 heterocycles. The van der Waals surface area contributed by atoms with Gasteiger partial charge in [0.1, 0.15) is 12.1 Å². The summed E-state index contributed by atoms with van der Waals surface area (Å²) in [7, 11) is 0. The van der Waals surface area contributed by atoms with E-state index in [1.165, 1.54) is 6.92 Å². The maximum absolute atomic E-state index is 9.81. The van der Waals surface area contributed by atoms with Crippen LogP contribution >= 0.6 is 0 Å². The third-order valence-electron chi connectivity index (χ3n) is 0.371. The van der Waals surface area contributed by atoms with Crippen LogP contribution in [0.15, 0.2) is 0 Å². The second-order valence-corrected chi connectivity index (χ2v) is 1.69. The van der Waals surface area contributed by atoms with Gasteiger partial charge in [-0.05, 0) is 6.92 Å². The molecule has 0 saturated heterocycles. The quantitative estimate of drug-likeness (QED) is 0.196. The Morgan fingerprint density at radius 2 is 1.67 bits per heavy atom. The summed E-state index contributed by atoms with van der Waals surface area (Å²) >= 11 is -3.11. The summed E-state index contributed by atoms with van der Waals surface area (Å²) in [4.78, 5) is 19.2. The van der Waals surface area contributed by atoms with Gasteiger partial charge in [-0.2, -0.15) is 0 Å². The second-order valence-electron chi connectivity index (χ2n) is 1.28. The first-order chi connectivity index (χ1) is 4.50. The van der Waals surface area contributed by atoms with Crippen molar-refractivity contribution < 1.29 is 82.0 Å². The molecule has 0 fully saturated rings. The molecule has 60 valence electrons. The standard InChI is InChI=1S/C4H6O2.2Na.H2O3S/c1-4(6)2-3-5;;;1-4(2)3/h3H,2H2,1H3;;;(H2,1,2,3)/q;2*+1;/p-2. The number of hydrogen-bond donors (Lipinski definition) is 0. The van der Waals surface area contributed by atoms with E-state index in [2.05, 4.69) is 0 Å². The fraction of sp³-hybridized carbons (Fsp3) is 0.500. The van der Waals surface area contributed by atoms with Crippen molar-refractivity contribution in [3.63, 3.8) is 0 Å². The number of carbonyl (C=O) groups is 2. The number of rotatable bonds is 2. The van der Waals surface area contributed by atoms with Gasteiger partial charge in [-0.1, -0.05) is 0 Å². The van der Waals surface area contributed by atoms with Gasteiger partial charge in [-0.3, -0.25) is 9.00 Å². The number of ketones is 1. The molecule has 0 radical (unpaired) electrons. The van der Waals surface area contributed by atoms with Crippen LogP contribution in [0.1, 0.15) is 13.3 Å². The summed E-state index contributed by atoms with van der Waals surface area (Å²) in [6, 6.07) is 0. The van der Waals surface area contributed by atoms with E-state index in [0.717, 1.165) is 0 Å². The molecule has 0 aliphatic rings. The van der Waals surface area contributed by atoms with Crippen molar-refractivity contribution in [2.24, 2.45) is 0 Å². The molecule has 8 heteroatoms. The minimum Gasteiger partial charge on any atom is -0.784 e. The van der Waals surface area contributed by atoms with Crippen molar-refractivity contribution in [3.8, 4) is 0 Å². The van der Waals surface area contributed by atoms with Crippen LogP contribution in [-0.2, 0) is 21.0 Å². The van der Waals surface area contributed by atoms with E-state index in [1.54, 1.807) is 0 Å². The molecule has 0 aromatic carbocycles. The molecule has 0 amide bonds. The van der Waals surface area contributed by atoms with E-state index in [-0.39, 0.29) is 71.3 Å². The average molecular weight is 212 g/mol. The zero-order valence-electron chi connectivity index (χ0n) is 7.23. The molecule has 0 saturated carbocycles. The molecule has 0 unspecified atom stereocenters. The van der Waals surface area contributed by atoms with Crippen molar-refractivity contribution in [3.05, 3.63) is 0 Å².